The van der Waals surface area contributed by atoms with Crippen molar-refractivity contribution in [2.75, 3.05) is 27.3 Å². The number of hydrogen-bond acceptors (Lipinski definition) is 15. The topological polar surface area (TPSA) is 215 Å². The fraction of sp³-hybridized carbons (Fsp3) is 0.952. The van der Waals surface area contributed by atoms with E-state index in [2.05, 4.69) is 10.2 Å². The first kappa shape index (κ1) is 50.8. The third-order valence-corrected chi connectivity index (χ3v) is 13.3. The number of aliphatic hydroxyl groups is 5. The van der Waals surface area contributed by atoms with Crippen molar-refractivity contribution in [1.82, 2.24) is 10.2 Å². The van der Waals surface area contributed by atoms with Crippen LogP contribution < -0.4 is 5.32 Å². The van der Waals surface area contributed by atoms with Crippen LogP contribution in [0.5, 0.6) is 0 Å². The van der Waals surface area contributed by atoms with E-state index in [0.717, 1.165) is 0 Å². The van der Waals surface area contributed by atoms with Crippen molar-refractivity contribution in [3.63, 3.8) is 0 Å². The summed E-state index contributed by atoms with van der Waals surface area (Å²) in [4.78, 5) is 27.5. The number of amides is 1. The van der Waals surface area contributed by atoms with Gasteiger partial charge < -0.3 is 64.0 Å². The van der Waals surface area contributed by atoms with Gasteiger partial charge in [0.2, 0.25) is 6.41 Å². The Kier molecular flexibility index (Phi) is 18.4. The molecule has 0 aromatic carbocycles. The molecule has 6 N–H and O–H groups in total. The maximum atomic E-state index is 14.3. The Bertz CT molecular complexity index is 1290. The van der Waals surface area contributed by atoms with Crippen LogP contribution in [0.1, 0.15) is 109 Å². The van der Waals surface area contributed by atoms with Crippen LogP contribution in [-0.4, -0.2) is 167 Å². The van der Waals surface area contributed by atoms with Crippen molar-refractivity contribution < 1.29 is 68.3 Å². The second-order valence-electron chi connectivity index (χ2n) is 18.4. The van der Waals surface area contributed by atoms with Crippen molar-refractivity contribution in [3.8, 4) is 0 Å². The smallest absolute Gasteiger partial charge is 0.311 e. The lowest BCUT2D eigenvalue weighted by Gasteiger charge is -2.50. The molecule has 0 aromatic rings. The normalized spacial score (nSPS) is 46.4. The summed E-state index contributed by atoms with van der Waals surface area (Å²) in [5.41, 5.74) is -4.73. The van der Waals surface area contributed by atoms with Crippen molar-refractivity contribution in [2.45, 2.75) is 205 Å². The molecule has 0 radical (unpaired) electrons. The lowest BCUT2D eigenvalue weighted by molar-refractivity contribution is -0.319. The molecule has 16 nitrogen and oxygen atoms in total. The molecule has 3 rings (SSSR count). The molecule has 58 heavy (non-hydrogen) atoms. The minimum absolute atomic E-state index is 0.0222. The first-order valence-electron chi connectivity index (χ1n) is 21.2. The van der Waals surface area contributed by atoms with Gasteiger partial charge in [-0.1, -0.05) is 27.7 Å². The van der Waals surface area contributed by atoms with E-state index in [1.165, 1.54) is 14.0 Å². The summed E-state index contributed by atoms with van der Waals surface area (Å²) < 4.78 is 44.2. The number of carbonyl (C=O) groups excluding carboxylic acids is 2. The summed E-state index contributed by atoms with van der Waals surface area (Å²) in [5.74, 6) is -3.89. The predicted octanol–water partition coefficient (Wildman–Crippen LogP) is 2.13. The van der Waals surface area contributed by atoms with Crippen LogP contribution in [0.3, 0.4) is 0 Å². The lowest BCUT2D eigenvalue weighted by Crippen LogP contribution is -2.62. The number of hydrogen-bond donors (Lipinski definition) is 6. The van der Waals surface area contributed by atoms with Gasteiger partial charge in [0.25, 0.3) is 0 Å². The zero-order valence-corrected chi connectivity index (χ0v) is 37.5. The number of carbonyl (C=O) groups is 2. The zero-order chi connectivity index (χ0) is 44.1. The Labute approximate surface area is 346 Å². The molecule has 1 amide bonds. The van der Waals surface area contributed by atoms with Gasteiger partial charge in [-0.2, -0.15) is 0 Å². The van der Waals surface area contributed by atoms with Crippen molar-refractivity contribution in [1.29, 1.82) is 0 Å². The second-order valence-corrected chi connectivity index (χ2v) is 18.4. The minimum atomic E-state index is -1.94. The Morgan fingerprint density at radius 2 is 1.59 bits per heavy atom. The Morgan fingerprint density at radius 1 is 0.948 bits per heavy atom. The molecule has 0 aliphatic carbocycles. The summed E-state index contributed by atoms with van der Waals surface area (Å²) in [6.07, 6.45) is -9.57. The molecule has 3 saturated heterocycles. The number of aliphatic hydroxyl groups excluding tert-OH is 3. The third-order valence-electron chi connectivity index (χ3n) is 13.3. The van der Waals surface area contributed by atoms with Crippen LogP contribution in [0.25, 0.3) is 0 Å². The van der Waals surface area contributed by atoms with E-state index in [-0.39, 0.29) is 50.6 Å². The van der Waals surface area contributed by atoms with Crippen molar-refractivity contribution in [2.24, 2.45) is 23.7 Å². The van der Waals surface area contributed by atoms with E-state index in [4.69, 9.17) is 33.2 Å². The number of cyclic esters (lactones) is 1. The molecule has 3 aliphatic heterocycles. The molecule has 0 unspecified atom stereocenters. The predicted molar refractivity (Wildman–Crippen MR) is 214 cm³/mol. The molecule has 16 heteroatoms. The Morgan fingerprint density at radius 3 is 2.16 bits per heavy atom. The summed E-state index contributed by atoms with van der Waals surface area (Å²) in [7, 11) is 3.43. The highest BCUT2D eigenvalue weighted by Crippen LogP contribution is 2.42. The molecule has 3 heterocycles. The highest BCUT2D eigenvalue weighted by molar-refractivity contribution is 5.73. The van der Waals surface area contributed by atoms with E-state index in [0.29, 0.717) is 12.8 Å². The highest BCUT2D eigenvalue weighted by atomic mass is 16.7. The molecule has 340 valence electrons. The molecule has 19 atom stereocenters. The van der Waals surface area contributed by atoms with Gasteiger partial charge >= 0.3 is 5.97 Å². The summed E-state index contributed by atoms with van der Waals surface area (Å²) in [5, 5.41) is 62.0. The van der Waals surface area contributed by atoms with Gasteiger partial charge in [-0.05, 0) is 87.6 Å². The van der Waals surface area contributed by atoms with Gasteiger partial charge in [0.05, 0.1) is 60.4 Å². The van der Waals surface area contributed by atoms with Gasteiger partial charge in [-0.15, -0.1) is 0 Å². The SMILES string of the molecule is CC[C@H]1OC(=O)[C@H](C)[C@@H](O[C@H]2C[C@@](C)(OC)[C@@H](O)[C@H](C)O2)[C@H](C)[C@@H](O[C@@H]2O[C@H](C)C[C@H](N(C)C(C)C)[C@H]2O)[C@](C)(O)C[C@@H](C)[C@H](OCCNC=O)[C@H](C)[C@@H](O)[C@]1(C)O. The van der Waals surface area contributed by atoms with Gasteiger partial charge in [0, 0.05) is 44.0 Å². The number of rotatable bonds is 13. The molecular formula is C42H78N2O14. The summed E-state index contributed by atoms with van der Waals surface area (Å²) >= 11 is 0. The van der Waals surface area contributed by atoms with Crippen LogP contribution in [0.2, 0.25) is 0 Å². The maximum Gasteiger partial charge on any atom is 0.311 e. The zero-order valence-electron chi connectivity index (χ0n) is 37.5. The Balaban J connectivity index is 2.23. The van der Waals surface area contributed by atoms with Crippen LogP contribution in [0.15, 0.2) is 0 Å². The molecular weight excluding hydrogens is 756 g/mol. The van der Waals surface area contributed by atoms with Gasteiger partial charge in [-0.3, -0.25) is 14.5 Å². The fourth-order valence-corrected chi connectivity index (χ4v) is 9.48. The lowest BCUT2D eigenvalue weighted by atomic mass is 9.73. The molecule has 0 spiro atoms. The quantitative estimate of drug-likeness (QED) is 0.0891. The molecule has 0 saturated carbocycles. The molecule has 3 fully saturated rings. The van der Waals surface area contributed by atoms with E-state index < -0.39 is 108 Å². The molecule has 0 aromatic heterocycles. The number of methoxy groups -OCH3 is 1. The fourth-order valence-electron chi connectivity index (χ4n) is 9.48. The van der Waals surface area contributed by atoms with Gasteiger partial charge in [0.15, 0.2) is 12.6 Å². The standard InChI is InChI=1S/C42H78N2O14/c1-15-30-42(12,51)35(47)25(6)33(53-17-16-43-21-45)23(4)19-40(10,50)37(58-39-32(46)29(18-24(5)54-39)44(13)22(2)3)26(7)34(27(8)38(49)56-30)57-31-20-41(11,52-14)36(48)28(9)55-31/h21-37,39,46-48,50-51H,15-20H2,1-14H3,(H,43,45)/t23-,24-,25+,26+,27-,28+,29+,30-,31+,32-,33+,34+,35-,36+,37-,39+,40-,41-,42-/m1/s1. The number of nitrogens with one attached hydrogen (secondary N) is 1. The summed E-state index contributed by atoms with van der Waals surface area (Å²) in [6, 6.07) is -0.230. The van der Waals surface area contributed by atoms with E-state index >= 15 is 0 Å². The first-order valence-corrected chi connectivity index (χ1v) is 21.2. The average Bonchev–Trinajstić information content (AvgIpc) is 3.15. The molecule has 3 aliphatic rings. The summed E-state index contributed by atoms with van der Waals surface area (Å²) in [6.45, 7) is 21.5. The van der Waals surface area contributed by atoms with Crippen LogP contribution >= 0.6 is 0 Å². The van der Waals surface area contributed by atoms with Crippen molar-refractivity contribution >= 4 is 12.4 Å². The monoisotopic (exact) mass is 835 g/mol. The molecule has 0 bridgehead atoms. The average molecular weight is 835 g/mol. The van der Waals surface area contributed by atoms with E-state index in [1.54, 1.807) is 48.5 Å². The van der Waals surface area contributed by atoms with E-state index in [1.807, 2.05) is 34.7 Å². The first-order chi connectivity index (χ1) is 26.9. The van der Waals surface area contributed by atoms with E-state index in [9.17, 15) is 35.1 Å². The number of nitrogens with zero attached hydrogens (tertiary/aromatic N) is 1. The highest BCUT2D eigenvalue weighted by Gasteiger charge is 2.54. The van der Waals surface area contributed by atoms with Crippen LogP contribution in [-0.2, 0) is 42.7 Å². The number of likely N-dealkylation sites (N-methyl/N-ethyl adjacent to an activating group) is 1. The Hall–Kier alpha value is -1.54. The number of ether oxygens (including phenoxy) is 7. The van der Waals surface area contributed by atoms with Crippen LogP contribution in [0, 0.1) is 23.7 Å². The van der Waals surface area contributed by atoms with Crippen LogP contribution in [0.4, 0.5) is 0 Å². The largest absolute Gasteiger partial charge is 0.459 e. The maximum absolute atomic E-state index is 14.3. The van der Waals surface area contributed by atoms with Gasteiger partial charge in [-0.25, -0.2) is 0 Å². The van der Waals surface area contributed by atoms with Gasteiger partial charge in [0.1, 0.15) is 23.9 Å². The second kappa shape index (κ2) is 21.0. The number of esters is 1. The van der Waals surface area contributed by atoms with Crippen molar-refractivity contribution in [3.05, 3.63) is 0 Å². The third kappa shape index (κ3) is 11.7. The minimum Gasteiger partial charge on any atom is -0.459 e.